The van der Waals surface area contributed by atoms with Gasteiger partial charge in [-0.05, 0) is 17.7 Å². The lowest BCUT2D eigenvalue weighted by Gasteiger charge is -2.06. The average molecular weight is 213 g/mol. The van der Waals surface area contributed by atoms with Crippen LogP contribution >= 0.6 is 0 Å². The van der Waals surface area contributed by atoms with Crippen molar-refractivity contribution in [2.24, 2.45) is 5.73 Å². The number of hydrogen-bond donors (Lipinski definition) is 2. The number of amides is 1. The van der Waals surface area contributed by atoms with Crippen LogP contribution in [0, 0.1) is 5.82 Å². The van der Waals surface area contributed by atoms with Gasteiger partial charge in [0, 0.05) is 0 Å². The summed E-state index contributed by atoms with van der Waals surface area (Å²) < 4.78 is 18.2. The number of halogens is 1. The van der Waals surface area contributed by atoms with Crippen LogP contribution in [-0.4, -0.2) is 17.6 Å². The summed E-state index contributed by atoms with van der Waals surface area (Å²) in [6.45, 7) is -0.177. The summed E-state index contributed by atoms with van der Waals surface area (Å²) in [5.74, 6) is -1.01. The van der Waals surface area contributed by atoms with Gasteiger partial charge in [-0.25, -0.2) is 4.39 Å². The largest absolute Gasteiger partial charge is 0.490 e. The fraction of sp³-hybridized carbons (Fsp3) is 0.300. The van der Waals surface area contributed by atoms with Gasteiger partial charge in [0.15, 0.2) is 11.6 Å². The third-order valence-corrected chi connectivity index (χ3v) is 1.78. The molecule has 0 aliphatic rings. The second kappa shape index (κ2) is 5.31. The number of rotatable bonds is 5. The standard InChI is InChI=1S/C10H12FNO3/c11-8-5-7(6-13)1-2-9(8)15-4-3-10(12)14/h1-2,5,13H,3-4,6H2,(H2,12,14). The average Bonchev–Trinajstić information content (AvgIpc) is 2.20. The second-order valence-electron chi connectivity index (χ2n) is 2.99. The molecule has 1 rings (SSSR count). The van der Waals surface area contributed by atoms with Crippen molar-refractivity contribution in [3.8, 4) is 5.75 Å². The molecule has 0 bridgehead atoms. The molecule has 0 saturated carbocycles. The summed E-state index contributed by atoms with van der Waals surface area (Å²) >= 11 is 0. The van der Waals surface area contributed by atoms with E-state index in [2.05, 4.69) is 0 Å². The van der Waals surface area contributed by atoms with Crippen LogP contribution in [0.3, 0.4) is 0 Å². The molecule has 0 spiro atoms. The third kappa shape index (κ3) is 3.55. The molecule has 0 aromatic heterocycles. The molecule has 0 unspecified atom stereocenters. The Hall–Kier alpha value is -1.62. The zero-order chi connectivity index (χ0) is 11.3. The third-order valence-electron chi connectivity index (χ3n) is 1.78. The number of aliphatic hydroxyl groups is 1. The van der Waals surface area contributed by atoms with Crippen LogP contribution in [0.1, 0.15) is 12.0 Å². The summed E-state index contributed by atoms with van der Waals surface area (Å²) in [5.41, 5.74) is 5.36. The first-order valence-electron chi connectivity index (χ1n) is 4.44. The summed E-state index contributed by atoms with van der Waals surface area (Å²) in [5, 5.41) is 8.73. The van der Waals surface area contributed by atoms with E-state index in [0.717, 1.165) is 0 Å². The van der Waals surface area contributed by atoms with E-state index in [4.69, 9.17) is 15.6 Å². The quantitative estimate of drug-likeness (QED) is 0.751. The van der Waals surface area contributed by atoms with Gasteiger partial charge in [0.2, 0.25) is 5.91 Å². The van der Waals surface area contributed by atoms with Crippen LogP contribution < -0.4 is 10.5 Å². The Balaban J connectivity index is 2.58. The molecular weight excluding hydrogens is 201 g/mol. The number of carbonyl (C=O) groups is 1. The van der Waals surface area contributed by atoms with E-state index in [9.17, 15) is 9.18 Å². The molecule has 3 N–H and O–H groups in total. The van der Waals surface area contributed by atoms with Gasteiger partial charge < -0.3 is 15.6 Å². The first-order chi connectivity index (χ1) is 7.13. The lowest BCUT2D eigenvalue weighted by Crippen LogP contribution is -2.14. The van der Waals surface area contributed by atoms with Crippen LogP contribution in [0.2, 0.25) is 0 Å². The zero-order valence-corrected chi connectivity index (χ0v) is 8.07. The van der Waals surface area contributed by atoms with Gasteiger partial charge in [0.1, 0.15) is 0 Å². The Kier molecular flexibility index (Phi) is 4.05. The highest BCUT2D eigenvalue weighted by Crippen LogP contribution is 2.18. The first-order valence-corrected chi connectivity index (χ1v) is 4.44. The number of primary amides is 1. The normalized spacial score (nSPS) is 10.0. The Bertz CT molecular complexity index is 355. The monoisotopic (exact) mass is 213 g/mol. The van der Waals surface area contributed by atoms with Crippen LogP contribution in [-0.2, 0) is 11.4 Å². The van der Waals surface area contributed by atoms with Crippen molar-refractivity contribution in [2.45, 2.75) is 13.0 Å². The number of carbonyl (C=O) groups excluding carboxylic acids is 1. The van der Waals surface area contributed by atoms with Crippen molar-refractivity contribution in [1.29, 1.82) is 0 Å². The second-order valence-corrected chi connectivity index (χ2v) is 2.99. The maximum Gasteiger partial charge on any atom is 0.220 e. The van der Waals surface area contributed by atoms with E-state index >= 15 is 0 Å². The van der Waals surface area contributed by atoms with Crippen molar-refractivity contribution in [3.05, 3.63) is 29.6 Å². The van der Waals surface area contributed by atoms with E-state index in [1.807, 2.05) is 0 Å². The Morgan fingerprint density at radius 2 is 2.27 bits per heavy atom. The van der Waals surface area contributed by atoms with Crippen LogP contribution in [0.5, 0.6) is 5.75 Å². The Labute approximate surface area is 86.5 Å². The summed E-state index contributed by atoms with van der Waals surface area (Å²) in [4.78, 5) is 10.4. The summed E-state index contributed by atoms with van der Waals surface area (Å²) in [6, 6.07) is 4.13. The topological polar surface area (TPSA) is 72.6 Å². The SMILES string of the molecule is NC(=O)CCOc1ccc(CO)cc1F. The molecule has 5 heteroatoms. The minimum atomic E-state index is -0.564. The van der Waals surface area contributed by atoms with Crippen molar-refractivity contribution < 1.29 is 19.0 Å². The maximum atomic E-state index is 13.2. The number of aliphatic hydroxyl groups excluding tert-OH is 1. The predicted octanol–water partition coefficient (Wildman–Crippen LogP) is 0.572. The minimum Gasteiger partial charge on any atom is -0.490 e. The van der Waals surface area contributed by atoms with Gasteiger partial charge in [-0.15, -0.1) is 0 Å². The van der Waals surface area contributed by atoms with Crippen molar-refractivity contribution in [1.82, 2.24) is 0 Å². The molecule has 0 heterocycles. The zero-order valence-electron chi connectivity index (χ0n) is 8.07. The number of nitrogens with two attached hydrogens (primary N) is 1. The molecule has 82 valence electrons. The van der Waals surface area contributed by atoms with Gasteiger partial charge >= 0.3 is 0 Å². The highest BCUT2D eigenvalue weighted by Gasteiger charge is 2.04. The summed E-state index contributed by atoms with van der Waals surface area (Å²) in [6.07, 6.45) is 0.0428. The highest BCUT2D eigenvalue weighted by molar-refractivity contribution is 5.73. The van der Waals surface area contributed by atoms with Gasteiger partial charge in [-0.2, -0.15) is 0 Å². The molecule has 0 radical (unpaired) electrons. The minimum absolute atomic E-state index is 0.0428. The molecule has 0 saturated heterocycles. The van der Waals surface area contributed by atoms with Crippen molar-refractivity contribution in [3.63, 3.8) is 0 Å². The molecular formula is C10H12FNO3. The van der Waals surface area contributed by atoms with Crippen molar-refractivity contribution >= 4 is 5.91 Å². The van der Waals surface area contributed by atoms with E-state index in [1.165, 1.54) is 12.1 Å². The molecule has 0 fully saturated rings. The number of benzene rings is 1. The molecule has 15 heavy (non-hydrogen) atoms. The molecule has 1 amide bonds. The Morgan fingerprint density at radius 1 is 1.53 bits per heavy atom. The van der Waals surface area contributed by atoms with E-state index in [0.29, 0.717) is 5.56 Å². The summed E-state index contributed by atoms with van der Waals surface area (Å²) in [7, 11) is 0. The van der Waals surface area contributed by atoms with E-state index < -0.39 is 11.7 Å². The lowest BCUT2D eigenvalue weighted by atomic mass is 10.2. The fourth-order valence-corrected chi connectivity index (χ4v) is 1.02. The number of hydrogen-bond acceptors (Lipinski definition) is 3. The molecule has 4 nitrogen and oxygen atoms in total. The van der Waals surface area contributed by atoms with Crippen LogP contribution in [0.4, 0.5) is 4.39 Å². The van der Waals surface area contributed by atoms with Gasteiger partial charge in [-0.1, -0.05) is 6.07 Å². The highest BCUT2D eigenvalue weighted by atomic mass is 19.1. The van der Waals surface area contributed by atoms with Crippen LogP contribution in [0.15, 0.2) is 18.2 Å². The van der Waals surface area contributed by atoms with Gasteiger partial charge in [0.25, 0.3) is 0 Å². The predicted molar refractivity (Wildman–Crippen MR) is 51.6 cm³/mol. The van der Waals surface area contributed by atoms with Crippen molar-refractivity contribution in [2.75, 3.05) is 6.61 Å². The molecule has 0 atom stereocenters. The number of ether oxygens (including phenoxy) is 1. The Morgan fingerprint density at radius 3 is 2.80 bits per heavy atom. The molecule has 0 aliphatic heterocycles. The van der Waals surface area contributed by atoms with E-state index in [1.54, 1.807) is 6.07 Å². The smallest absolute Gasteiger partial charge is 0.220 e. The van der Waals surface area contributed by atoms with E-state index in [-0.39, 0.29) is 25.4 Å². The lowest BCUT2D eigenvalue weighted by molar-refractivity contribution is -0.118. The van der Waals surface area contributed by atoms with Gasteiger partial charge in [0.05, 0.1) is 19.6 Å². The fourth-order valence-electron chi connectivity index (χ4n) is 1.02. The molecule has 0 aliphatic carbocycles. The maximum absolute atomic E-state index is 13.2. The van der Waals surface area contributed by atoms with Crippen LogP contribution in [0.25, 0.3) is 0 Å². The van der Waals surface area contributed by atoms with Gasteiger partial charge in [-0.3, -0.25) is 4.79 Å². The molecule has 1 aromatic rings. The first kappa shape index (κ1) is 11.5. The molecule has 1 aromatic carbocycles.